The Labute approximate surface area is 215 Å². The maximum Gasteiger partial charge on any atom is 0.176 e. The number of piperidine rings is 1. The van der Waals surface area contributed by atoms with Crippen molar-refractivity contribution in [3.8, 4) is 0 Å². The van der Waals surface area contributed by atoms with Crippen LogP contribution in [0.4, 0.5) is 4.39 Å². The molecule has 6 aliphatic rings. The third kappa shape index (κ3) is 2.84. The average molecular weight is 489 g/mol. The summed E-state index contributed by atoms with van der Waals surface area (Å²) in [6.45, 7) is 11.9. The van der Waals surface area contributed by atoms with E-state index in [9.17, 15) is 4.39 Å². The summed E-state index contributed by atoms with van der Waals surface area (Å²) in [5, 5.41) is 0. The molecule has 0 aromatic carbocycles. The maximum absolute atomic E-state index is 14.9. The van der Waals surface area contributed by atoms with Crippen molar-refractivity contribution < 1.29 is 18.3 Å². The molecule has 4 heteroatoms. The number of likely N-dealkylation sites (N-methyl/N-ethyl adjacent to an activating group) is 1. The van der Waals surface area contributed by atoms with E-state index in [4.69, 9.17) is 9.47 Å². The highest BCUT2D eigenvalue weighted by Crippen LogP contribution is 2.72. The molecule has 2 heterocycles. The first kappa shape index (κ1) is 24.1. The molecule has 0 radical (unpaired) electrons. The van der Waals surface area contributed by atoms with E-state index in [0.717, 1.165) is 10.9 Å². The van der Waals surface area contributed by atoms with Gasteiger partial charge >= 0.3 is 0 Å². The van der Waals surface area contributed by atoms with Crippen LogP contribution in [0.25, 0.3) is 0 Å². The molecule has 0 N–H and O–H groups in total. The van der Waals surface area contributed by atoms with E-state index in [-0.39, 0.29) is 34.9 Å². The maximum atomic E-state index is 14.9. The Morgan fingerprint density at radius 3 is 2.69 bits per heavy atom. The van der Waals surface area contributed by atoms with Gasteiger partial charge in [0.25, 0.3) is 0 Å². The van der Waals surface area contributed by atoms with Crippen LogP contribution >= 0.6 is 0 Å². The molecule has 0 amide bonds. The lowest BCUT2D eigenvalue weighted by Gasteiger charge is -2.51. The lowest BCUT2D eigenvalue weighted by Crippen LogP contribution is -2.58. The van der Waals surface area contributed by atoms with Gasteiger partial charge in [0, 0.05) is 41.8 Å². The predicted octanol–water partition coefficient (Wildman–Crippen LogP) is 6.86. The summed E-state index contributed by atoms with van der Waals surface area (Å²) in [6.07, 6.45) is 20.3. The molecule has 8 atom stereocenters. The van der Waals surface area contributed by atoms with Crippen LogP contribution < -0.4 is 0 Å². The first-order valence-corrected chi connectivity index (χ1v) is 13.5. The standard InChI is InChI=1S/C32H39FNO2/c1-8-20-17-22-28(19(20)3)32(5)25(18-27(35-7)36-9-2)30(32)34(6)16-14-23-21(29(22)34)12-13-24-26(33)11-10-15-31(23,24)4/h10-18,20,24,27,29-30H,8-9H2,1-7H3/q+1/b25-18+/t20-,24?,27?,29?,30?,31?,32?,34+/m0/s1. The molecule has 1 saturated carbocycles. The van der Waals surface area contributed by atoms with E-state index < -0.39 is 0 Å². The quantitative estimate of drug-likeness (QED) is 0.239. The van der Waals surface area contributed by atoms with Gasteiger partial charge < -0.3 is 9.47 Å². The zero-order valence-corrected chi connectivity index (χ0v) is 22.6. The Morgan fingerprint density at radius 1 is 1.22 bits per heavy atom. The number of nitrogens with zero attached hydrogens (tertiary/aromatic N) is 1. The fourth-order valence-electron chi connectivity index (χ4n) is 8.36. The summed E-state index contributed by atoms with van der Waals surface area (Å²) >= 11 is 0. The van der Waals surface area contributed by atoms with Gasteiger partial charge in [-0.25, -0.2) is 4.39 Å². The van der Waals surface area contributed by atoms with Gasteiger partial charge in [-0.2, -0.15) is 0 Å². The van der Waals surface area contributed by atoms with E-state index in [1.165, 1.54) is 33.4 Å². The highest BCUT2D eigenvalue weighted by Gasteiger charge is 2.75. The molecule has 4 aliphatic carbocycles. The molecular formula is C32H39FNO2+. The van der Waals surface area contributed by atoms with Gasteiger partial charge in [-0.1, -0.05) is 49.8 Å². The van der Waals surface area contributed by atoms with Crippen LogP contribution in [0.5, 0.6) is 0 Å². The molecule has 0 bridgehead atoms. The first-order chi connectivity index (χ1) is 17.2. The Balaban J connectivity index is 1.54. The van der Waals surface area contributed by atoms with Crippen molar-refractivity contribution in [3.05, 3.63) is 94.1 Å². The summed E-state index contributed by atoms with van der Waals surface area (Å²) < 4.78 is 27.3. The van der Waals surface area contributed by atoms with Gasteiger partial charge in [0.2, 0.25) is 0 Å². The van der Waals surface area contributed by atoms with Gasteiger partial charge in [0.1, 0.15) is 17.9 Å². The number of hydrogen-bond acceptors (Lipinski definition) is 2. The summed E-state index contributed by atoms with van der Waals surface area (Å²) in [7, 11) is 4.10. The fourth-order valence-corrected chi connectivity index (χ4v) is 8.36. The number of rotatable bonds is 5. The normalized spacial score (nSPS) is 43.5. The van der Waals surface area contributed by atoms with Crippen molar-refractivity contribution in [1.82, 2.24) is 0 Å². The van der Waals surface area contributed by atoms with Gasteiger partial charge in [0.05, 0.1) is 18.7 Å². The molecule has 3 nitrogen and oxygen atoms in total. The molecule has 6 rings (SSSR count). The summed E-state index contributed by atoms with van der Waals surface area (Å²) in [4.78, 5) is 0. The average Bonchev–Trinajstić information content (AvgIpc) is 3.30. The summed E-state index contributed by atoms with van der Waals surface area (Å²) in [5.74, 6) is 0.179. The van der Waals surface area contributed by atoms with Gasteiger partial charge in [-0.3, -0.25) is 4.48 Å². The molecule has 2 aliphatic heterocycles. The van der Waals surface area contributed by atoms with Crippen LogP contribution in [0.2, 0.25) is 0 Å². The Bertz CT molecular complexity index is 1270. The lowest BCUT2D eigenvalue weighted by atomic mass is 9.62. The van der Waals surface area contributed by atoms with Gasteiger partial charge in [-0.05, 0) is 62.5 Å². The zero-order valence-electron chi connectivity index (χ0n) is 22.6. The number of halogens is 1. The SMILES string of the molecule is CCOC(/C=C1\C2C1(C)C1=C(C)[C@@H](CC)C=C1C1C3=C(C=C[N@+]12C)C1(C)C=CC=C(F)C1C=C3)OC. The van der Waals surface area contributed by atoms with Crippen molar-refractivity contribution in [2.75, 3.05) is 20.8 Å². The van der Waals surface area contributed by atoms with E-state index >= 15 is 0 Å². The molecule has 0 aromatic heterocycles. The highest BCUT2D eigenvalue weighted by atomic mass is 19.1. The predicted molar refractivity (Wildman–Crippen MR) is 142 cm³/mol. The number of quaternary nitrogens is 1. The number of fused-ring (bicyclic) bond motifs is 9. The Kier molecular flexibility index (Phi) is 5.26. The van der Waals surface area contributed by atoms with Gasteiger partial charge in [0.15, 0.2) is 6.29 Å². The van der Waals surface area contributed by atoms with Crippen LogP contribution in [-0.4, -0.2) is 43.6 Å². The van der Waals surface area contributed by atoms with Crippen molar-refractivity contribution in [2.24, 2.45) is 22.7 Å². The first-order valence-electron chi connectivity index (χ1n) is 13.5. The molecule has 6 unspecified atom stereocenters. The Morgan fingerprint density at radius 2 is 2.00 bits per heavy atom. The van der Waals surface area contributed by atoms with Crippen LogP contribution in [-0.2, 0) is 9.47 Å². The monoisotopic (exact) mass is 488 g/mol. The number of methoxy groups -OCH3 is 1. The zero-order chi connectivity index (χ0) is 25.6. The van der Waals surface area contributed by atoms with Crippen LogP contribution in [0.15, 0.2) is 94.1 Å². The van der Waals surface area contributed by atoms with Gasteiger partial charge in [-0.15, -0.1) is 0 Å². The number of hydrogen-bond donors (Lipinski definition) is 0. The molecule has 36 heavy (non-hydrogen) atoms. The minimum Gasteiger partial charge on any atom is -0.352 e. The summed E-state index contributed by atoms with van der Waals surface area (Å²) in [5.41, 5.74) is 8.10. The molecule has 190 valence electrons. The van der Waals surface area contributed by atoms with Crippen molar-refractivity contribution in [3.63, 3.8) is 0 Å². The third-order valence-corrected chi connectivity index (χ3v) is 10.1. The van der Waals surface area contributed by atoms with E-state index in [0.29, 0.717) is 18.6 Å². The summed E-state index contributed by atoms with van der Waals surface area (Å²) in [6, 6.07) is 0.515. The molecule has 0 aromatic rings. The largest absolute Gasteiger partial charge is 0.352 e. The molecule has 0 spiro atoms. The molecule has 1 saturated heterocycles. The molecular weight excluding hydrogens is 449 g/mol. The van der Waals surface area contributed by atoms with E-state index in [1.807, 2.05) is 13.0 Å². The van der Waals surface area contributed by atoms with Crippen LogP contribution in [0.1, 0.15) is 41.0 Å². The van der Waals surface area contributed by atoms with Crippen molar-refractivity contribution >= 4 is 0 Å². The van der Waals surface area contributed by atoms with Crippen LogP contribution in [0.3, 0.4) is 0 Å². The van der Waals surface area contributed by atoms with Crippen molar-refractivity contribution in [1.29, 1.82) is 0 Å². The number of ether oxygens (including phenoxy) is 2. The second-order valence-corrected chi connectivity index (χ2v) is 11.8. The number of allylic oxidation sites excluding steroid dienone is 9. The second-order valence-electron chi connectivity index (χ2n) is 11.8. The van der Waals surface area contributed by atoms with Crippen molar-refractivity contribution in [2.45, 2.75) is 59.4 Å². The topological polar surface area (TPSA) is 18.5 Å². The fraction of sp³-hybridized carbons (Fsp3) is 0.500. The Hall–Kier alpha value is -2.27. The van der Waals surface area contributed by atoms with E-state index in [1.54, 1.807) is 13.2 Å². The smallest absolute Gasteiger partial charge is 0.176 e. The molecule has 2 fully saturated rings. The minimum absolute atomic E-state index is 0.0359. The van der Waals surface area contributed by atoms with E-state index in [2.05, 4.69) is 77.4 Å². The van der Waals surface area contributed by atoms with Crippen LogP contribution in [0, 0.1) is 22.7 Å². The lowest BCUT2D eigenvalue weighted by molar-refractivity contribution is -0.888. The highest BCUT2D eigenvalue weighted by molar-refractivity contribution is 5.68. The third-order valence-electron chi connectivity index (χ3n) is 10.1. The second kappa shape index (κ2) is 7.86. The minimum atomic E-state index is -0.369.